The van der Waals surface area contributed by atoms with Crippen molar-refractivity contribution in [2.24, 2.45) is 0 Å². The maximum absolute atomic E-state index is 12.5. The first-order chi connectivity index (χ1) is 9.76. The SMILES string of the molecule is C[C@@H]1CN(C(=O)[C@H]2CN(C)CCO2)CCN1CC(F)(F)F. The second kappa shape index (κ2) is 6.50. The van der Waals surface area contributed by atoms with Crippen molar-refractivity contribution in [2.75, 3.05) is 52.9 Å². The Hall–Kier alpha value is -0.860. The molecule has 2 aliphatic rings. The summed E-state index contributed by atoms with van der Waals surface area (Å²) in [6.07, 6.45) is -4.69. The summed E-state index contributed by atoms with van der Waals surface area (Å²) in [5.41, 5.74) is 0. The minimum atomic E-state index is -4.20. The average Bonchev–Trinajstić information content (AvgIpc) is 2.39. The minimum absolute atomic E-state index is 0.111. The normalized spacial score (nSPS) is 29.7. The van der Waals surface area contributed by atoms with Crippen molar-refractivity contribution in [1.82, 2.24) is 14.7 Å². The van der Waals surface area contributed by atoms with Gasteiger partial charge in [-0.15, -0.1) is 0 Å². The van der Waals surface area contributed by atoms with Gasteiger partial charge in [0.15, 0.2) is 0 Å². The van der Waals surface area contributed by atoms with Crippen LogP contribution in [0.25, 0.3) is 0 Å². The van der Waals surface area contributed by atoms with Crippen LogP contribution in [0.4, 0.5) is 13.2 Å². The van der Waals surface area contributed by atoms with Crippen molar-refractivity contribution in [3.05, 3.63) is 0 Å². The number of carbonyl (C=O) groups is 1. The number of hydrogen-bond donors (Lipinski definition) is 0. The predicted octanol–water partition coefficient (Wildman–Crippen LogP) is 0.412. The zero-order chi connectivity index (χ0) is 15.6. The topological polar surface area (TPSA) is 36.0 Å². The number of amides is 1. The van der Waals surface area contributed by atoms with Gasteiger partial charge >= 0.3 is 6.18 Å². The van der Waals surface area contributed by atoms with Crippen molar-refractivity contribution < 1.29 is 22.7 Å². The molecule has 0 aromatic heterocycles. The lowest BCUT2D eigenvalue weighted by Gasteiger charge is -2.42. The lowest BCUT2D eigenvalue weighted by atomic mass is 10.1. The summed E-state index contributed by atoms with van der Waals surface area (Å²) in [4.78, 5) is 17.4. The Morgan fingerprint density at radius 3 is 2.52 bits per heavy atom. The highest BCUT2D eigenvalue weighted by molar-refractivity contribution is 5.81. The van der Waals surface area contributed by atoms with E-state index in [2.05, 4.69) is 0 Å². The molecule has 2 heterocycles. The van der Waals surface area contributed by atoms with Crippen LogP contribution in [0.1, 0.15) is 6.92 Å². The van der Waals surface area contributed by atoms with E-state index < -0.39 is 18.8 Å². The Bertz CT molecular complexity index is 378. The van der Waals surface area contributed by atoms with E-state index in [1.807, 2.05) is 11.9 Å². The largest absolute Gasteiger partial charge is 0.401 e. The van der Waals surface area contributed by atoms with E-state index >= 15 is 0 Å². The van der Waals surface area contributed by atoms with Gasteiger partial charge < -0.3 is 14.5 Å². The van der Waals surface area contributed by atoms with Crippen molar-refractivity contribution in [1.29, 1.82) is 0 Å². The van der Waals surface area contributed by atoms with Gasteiger partial charge in [0.1, 0.15) is 6.10 Å². The fraction of sp³-hybridized carbons (Fsp3) is 0.923. The molecule has 21 heavy (non-hydrogen) atoms. The van der Waals surface area contributed by atoms with Crippen LogP contribution >= 0.6 is 0 Å². The van der Waals surface area contributed by atoms with E-state index in [9.17, 15) is 18.0 Å². The van der Waals surface area contributed by atoms with E-state index in [0.717, 1.165) is 6.54 Å². The van der Waals surface area contributed by atoms with Gasteiger partial charge in [-0.3, -0.25) is 9.69 Å². The van der Waals surface area contributed by atoms with E-state index in [-0.39, 0.29) is 18.5 Å². The first-order valence-corrected chi connectivity index (χ1v) is 7.16. The first-order valence-electron chi connectivity index (χ1n) is 7.16. The molecule has 2 saturated heterocycles. The number of nitrogens with zero attached hydrogens (tertiary/aromatic N) is 3. The Labute approximate surface area is 122 Å². The average molecular weight is 309 g/mol. The number of piperazine rings is 1. The molecular formula is C13H22F3N3O2. The van der Waals surface area contributed by atoms with Crippen molar-refractivity contribution in [2.45, 2.75) is 25.2 Å². The molecule has 0 aromatic carbocycles. The van der Waals surface area contributed by atoms with Gasteiger partial charge in [0.25, 0.3) is 5.91 Å². The van der Waals surface area contributed by atoms with Crippen LogP contribution in [-0.2, 0) is 9.53 Å². The van der Waals surface area contributed by atoms with E-state index in [4.69, 9.17) is 4.74 Å². The van der Waals surface area contributed by atoms with Crippen LogP contribution in [0, 0.1) is 0 Å². The number of hydrogen-bond acceptors (Lipinski definition) is 4. The fourth-order valence-corrected chi connectivity index (χ4v) is 2.79. The van der Waals surface area contributed by atoms with Crippen molar-refractivity contribution in [3.8, 4) is 0 Å². The minimum Gasteiger partial charge on any atom is -0.366 e. The van der Waals surface area contributed by atoms with Gasteiger partial charge in [0.2, 0.25) is 0 Å². The number of morpholine rings is 1. The maximum Gasteiger partial charge on any atom is 0.401 e. The molecule has 122 valence electrons. The van der Waals surface area contributed by atoms with E-state index in [1.165, 1.54) is 4.90 Å². The third-order valence-electron chi connectivity index (χ3n) is 4.00. The third-order valence-corrected chi connectivity index (χ3v) is 4.00. The standard InChI is InChI=1S/C13H22F3N3O2/c1-10-7-18(3-4-19(10)9-13(14,15)16)12(20)11-8-17(2)5-6-21-11/h10-11H,3-9H2,1-2H3/t10-,11-/m1/s1. The molecule has 8 heteroatoms. The zero-order valence-corrected chi connectivity index (χ0v) is 12.4. The van der Waals surface area contributed by atoms with E-state index in [1.54, 1.807) is 11.8 Å². The predicted molar refractivity (Wildman–Crippen MR) is 70.9 cm³/mol. The molecule has 0 unspecified atom stereocenters. The molecule has 0 radical (unpaired) electrons. The molecule has 2 aliphatic heterocycles. The van der Waals surface area contributed by atoms with Gasteiger partial charge in [-0.05, 0) is 14.0 Å². The number of ether oxygens (including phenoxy) is 1. The van der Waals surface area contributed by atoms with Crippen molar-refractivity contribution >= 4 is 5.91 Å². The summed E-state index contributed by atoms with van der Waals surface area (Å²) < 4.78 is 42.8. The second-order valence-electron chi connectivity index (χ2n) is 5.84. The molecular weight excluding hydrogens is 287 g/mol. The summed E-state index contributed by atoms with van der Waals surface area (Å²) in [5.74, 6) is -0.111. The van der Waals surface area contributed by atoms with Crippen LogP contribution in [0.15, 0.2) is 0 Å². The van der Waals surface area contributed by atoms with Crippen LogP contribution in [-0.4, -0.2) is 91.9 Å². The molecule has 0 saturated carbocycles. The molecule has 0 aromatic rings. The molecule has 5 nitrogen and oxygen atoms in total. The van der Waals surface area contributed by atoms with Gasteiger partial charge in [-0.2, -0.15) is 13.2 Å². The molecule has 1 amide bonds. The number of alkyl halides is 3. The van der Waals surface area contributed by atoms with Gasteiger partial charge in [-0.1, -0.05) is 0 Å². The van der Waals surface area contributed by atoms with Crippen LogP contribution in [0.3, 0.4) is 0 Å². The number of carbonyl (C=O) groups excluding carboxylic acids is 1. The summed E-state index contributed by atoms with van der Waals surface area (Å²) >= 11 is 0. The summed E-state index contributed by atoms with van der Waals surface area (Å²) in [6, 6.07) is -0.300. The molecule has 2 atom stereocenters. The molecule has 2 fully saturated rings. The number of rotatable bonds is 2. The smallest absolute Gasteiger partial charge is 0.366 e. The molecule has 0 bridgehead atoms. The Morgan fingerprint density at radius 2 is 1.95 bits per heavy atom. The monoisotopic (exact) mass is 309 g/mol. The number of halogens is 3. The molecule has 0 spiro atoms. The van der Waals surface area contributed by atoms with Gasteiger partial charge in [-0.25, -0.2) is 0 Å². The van der Waals surface area contributed by atoms with E-state index in [0.29, 0.717) is 26.2 Å². The quantitative estimate of drug-likeness (QED) is 0.740. The van der Waals surface area contributed by atoms with Crippen molar-refractivity contribution in [3.63, 3.8) is 0 Å². The van der Waals surface area contributed by atoms with Gasteiger partial charge in [0, 0.05) is 38.8 Å². The summed E-state index contributed by atoms with van der Waals surface area (Å²) in [6.45, 7) is 3.53. The lowest BCUT2D eigenvalue weighted by Crippen LogP contribution is -2.59. The Morgan fingerprint density at radius 1 is 1.24 bits per heavy atom. The maximum atomic E-state index is 12.5. The van der Waals surface area contributed by atoms with Crippen LogP contribution in [0.5, 0.6) is 0 Å². The van der Waals surface area contributed by atoms with Gasteiger partial charge in [0.05, 0.1) is 13.2 Å². The summed E-state index contributed by atoms with van der Waals surface area (Å²) in [5, 5.41) is 0. The fourth-order valence-electron chi connectivity index (χ4n) is 2.79. The first kappa shape index (κ1) is 16.5. The number of likely N-dealkylation sites (N-methyl/N-ethyl adjacent to an activating group) is 1. The zero-order valence-electron chi connectivity index (χ0n) is 12.4. The second-order valence-corrected chi connectivity index (χ2v) is 5.84. The third kappa shape index (κ3) is 4.55. The Kier molecular flexibility index (Phi) is 5.11. The van der Waals surface area contributed by atoms with Crippen LogP contribution in [0.2, 0.25) is 0 Å². The molecule has 2 rings (SSSR count). The highest BCUT2D eigenvalue weighted by atomic mass is 19.4. The Balaban J connectivity index is 1.88. The highest BCUT2D eigenvalue weighted by Gasteiger charge is 2.37. The highest BCUT2D eigenvalue weighted by Crippen LogP contribution is 2.21. The summed E-state index contributed by atoms with van der Waals surface area (Å²) in [7, 11) is 1.92. The molecule has 0 aliphatic carbocycles. The lowest BCUT2D eigenvalue weighted by molar-refractivity contribution is -0.162. The van der Waals surface area contributed by atoms with Crippen LogP contribution < -0.4 is 0 Å². The molecule has 0 N–H and O–H groups in total.